The summed E-state index contributed by atoms with van der Waals surface area (Å²) in [7, 11) is 0. The molecule has 128 valence electrons. The fourth-order valence-corrected chi connectivity index (χ4v) is 4.73. The highest BCUT2D eigenvalue weighted by atomic mass is 15.4. The average Bonchev–Trinajstić information content (AvgIpc) is 3.24. The lowest BCUT2D eigenvalue weighted by Crippen LogP contribution is -2.35. The van der Waals surface area contributed by atoms with Crippen LogP contribution in [0.3, 0.4) is 0 Å². The maximum atomic E-state index is 4.94. The van der Waals surface area contributed by atoms with Crippen LogP contribution in [0, 0.1) is 11.8 Å². The summed E-state index contributed by atoms with van der Waals surface area (Å²) in [6.45, 7) is 3.51. The molecule has 5 nitrogen and oxygen atoms in total. The van der Waals surface area contributed by atoms with Crippen molar-refractivity contribution in [3.63, 3.8) is 0 Å². The van der Waals surface area contributed by atoms with Gasteiger partial charge in [-0.2, -0.15) is 4.52 Å². The summed E-state index contributed by atoms with van der Waals surface area (Å²) in [6.07, 6.45) is 5.39. The second kappa shape index (κ2) is 5.83. The molecule has 2 fully saturated rings. The third-order valence-electron chi connectivity index (χ3n) is 5.97. The molecular formula is C20H23N5. The first-order chi connectivity index (χ1) is 12.3. The van der Waals surface area contributed by atoms with E-state index < -0.39 is 0 Å². The van der Waals surface area contributed by atoms with Gasteiger partial charge in [-0.25, -0.2) is 0 Å². The first kappa shape index (κ1) is 14.9. The van der Waals surface area contributed by atoms with Gasteiger partial charge in [0, 0.05) is 18.2 Å². The lowest BCUT2D eigenvalue weighted by Gasteiger charge is -2.32. The number of nitrogens with zero attached hydrogens (tertiary/aromatic N) is 5. The summed E-state index contributed by atoms with van der Waals surface area (Å²) in [5.41, 5.74) is 1.85. The minimum absolute atomic E-state index is 0.644. The predicted octanol–water partition coefficient (Wildman–Crippen LogP) is 3.81. The second-order valence-corrected chi connectivity index (χ2v) is 7.50. The number of aromatic nitrogens is 4. The third-order valence-corrected chi connectivity index (χ3v) is 5.97. The topological polar surface area (TPSA) is 46.3 Å². The molecule has 0 N–H and O–H groups in total. The van der Waals surface area contributed by atoms with Gasteiger partial charge in [-0.05, 0) is 36.8 Å². The van der Waals surface area contributed by atoms with E-state index in [4.69, 9.17) is 5.10 Å². The molecule has 0 bridgehead atoms. The molecule has 0 spiro atoms. The number of hydrogen-bond donors (Lipinski definition) is 0. The molecular weight excluding hydrogens is 310 g/mol. The quantitative estimate of drug-likeness (QED) is 0.715. The molecule has 1 aliphatic heterocycles. The minimum atomic E-state index is 0.644. The van der Waals surface area contributed by atoms with Crippen LogP contribution in [0.25, 0.3) is 17.0 Å². The van der Waals surface area contributed by atoms with E-state index in [2.05, 4.69) is 40.2 Å². The van der Waals surface area contributed by atoms with Crippen molar-refractivity contribution >= 4 is 11.5 Å². The smallest absolute Gasteiger partial charge is 0.185 e. The van der Waals surface area contributed by atoms with Gasteiger partial charge in [-0.3, -0.25) is 0 Å². The molecule has 3 aromatic rings. The Morgan fingerprint density at radius 2 is 1.80 bits per heavy atom. The first-order valence-electron chi connectivity index (χ1n) is 9.36. The molecule has 1 saturated heterocycles. The Bertz CT molecular complexity index is 887. The molecule has 3 atom stereocenters. The molecule has 1 aliphatic carbocycles. The fourth-order valence-electron chi connectivity index (χ4n) is 4.73. The van der Waals surface area contributed by atoms with Gasteiger partial charge < -0.3 is 4.90 Å². The van der Waals surface area contributed by atoms with Gasteiger partial charge in [0.05, 0.1) is 0 Å². The van der Waals surface area contributed by atoms with Crippen molar-refractivity contribution < 1.29 is 0 Å². The Labute approximate surface area is 147 Å². The molecule has 25 heavy (non-hydrogen) atoms. The second-order valence-electron chi connectivity index (χ2n) is 7.50. The Hall–Kier alpha value is -2.43. The monoisotopic (exact) mass is 333 g/mol. The zero-order valence-corrected chi connectivity index (χ0v) is 14.5. The van der Waals surface area contributed by atoms with Gasteiger partial charge in [-0.1, -0.05) is 50.1 Å². The van der Waals surface area contributed by atoms with Crippen LogP contribution in [-0.2, 0) is 0 Å². The van der Waals surface area contributed by atoms with Crippen LogP contribution in [0.4, 0.5) is 5.82 Å². The summed E-state index contributed by atoms with van der Waals surface area (Å²) in [4.78, 5) is 2.53. The molecule has 0 radical (unpaired) electrons. The molecule has 1 saturated carbocycles. The molecule has 2 aromatic heterocycles. The van der Waals surface area contributed by atoms with E-state index in [9.17, 15) is 0 Å². The van der Waals surface area contributed by atoms with E-state index >= 15 is 0 Å². The van der Waals surface area contributed by atoms with E-state index in [-0.39, 0.29) is 0 Å². The van der Waals surface area contributed by atoms with Crippen LogP contribution in [0.1, 0.15) is 32.6 Å². The van der Waals surface area contributed by atoms with Crippen LogP contribution in [0.15, 0.2) is 42.5 Å². The van der Waals surface area contributed by atoms with E-state index in [0.717, 1.165) is 41.2 Å². The van der Waals surface area contributed by atoms with E-state index in [1.165, 1.54) is 25.7 Å². The maximum absolute atomic E-state index is 4.94. The minimum Gasteiger partial charge on any atom is -0.352 e. The predicted molar refractivity (Wildman–Crippen MR) is 98.5 cm³/mol. The third kappa shape index (κ3) is 2.41. The summed E-state index contributed by atoms with van der Waals surface area (Å²) >= 11 is 0. The van der Waals surface area contributed by atoms with Gasteiger partial charge in [0.15, 0.2) is 11.5 Å². The summed E-state index contributed by atoms with van der Waals surface area (Å²) < 4.78 is 1.89. The van der Waals surface area contributed by atoms with Crippen LogP contribution in [-0.4, -0.2) is 32.4 Å². The highest BCUT2D eigenvalue weighted by Crippen LogP contribution is 2.41. The van der Waals surface area contributed by atoms with Crippen molar-refractivity contribution in [3.8, 4) is 11.4 Å². The SMILES string of the molecule is CC1CN(c2ccc3nnc(-c4ccccc4)n3n2)C2CCCCC12. The van der Waals surface area contributed by atoms with Crippen molar-refractivity contribution in [1.82, 2.24) is 19.8 Å². The van der Waals surface area contributed by atoms with Gasteiger partial charge >= 0.3 is 0 Å². The maximum Gasteiger partial charge on any atom is 0.185 e. The van der Waals surface area contributed by atoms with Gasteiger partial charge in [0.25, 0.3) is 0 Å². The summed E-state index contributed by atoms with van der Waals surface area (Å²) in [5, 5.41) is 13.6. The molecule has 2 aliphatic rings. The van der Waals surface area contributed by atoms with Crippen molar-refractivity contribution in [2.24, 2.45) is 11.8 Å². The lowest BCUT2D eigenvalue weighted by molar-refractivity contribution is 0.293. The van der Waals surface area contributed by atoms with Gasteiger partial charge in [0.1, 0.15) is 5.82 Å². The lowest BCUT2D eigenvalue weighted by atomic mass is 9.80. The number of fused-ring (bicyclic) bond motifs is 2. The largest absolute Gasteiger partial charge is 0.352 e. The Kier molecular flexibility index (Phi) is 3.47. The van der Waals surface area contributed by atoms with E-state index in [1.54, 1.807) is 0 Å². The van der Waals surface area contributed by atoms with Crippen molar-refractivity contribution in [2.45, 2.75) is 38.6 Å². The van der Waals surface area contributed by atoms with Crippen molar-refractivity contribution in [3.05, 3.63) is 42.5 Å². The van der Waals surface area contributed by atoms with Gasteiger partial charge in [-0.15, -0.1) is 15.3 Å². The highest BCUT2D eigenvalue weighted by molar-refractivity contribution is 5.59. The summed E-state index contributed by atoms with van der Waals surface area (Å²) in [6, 6.07) is 15.0. The van der Waals surface area contributed by atoms with E-state index in [1.807, 2.05) is 28.8 Å². The standard InChI is InChI=1S/C20H23N5/c1-14-13-24(17-10-6-5-9-16(14)17)19-12-11-18-21-22-20(25(18)23-19)15-7-3-2-4-8-15/h2-4,7-8,11-12,14,16-17H,5-6,9-10,13H2,1H3. The molecule has 3 heterocycles. The number of hydrogen-bond acceptors (Lipinski definition) is 4. The summed E-state index contributed by atoms with van der Waals surface area (Å²) in [5.74, 6) is 3.44. The van der Waals surface area contributed by atoms with Crippen LogP contribution >= 0.6 is 0 Å². The number of benzene rings is 1. The van der Waals surface area contributed by atoms with E-state index in [0.29, 0.717) is 6.04 Å². The average molecular weight is 333 g/mol. The molecule has 0 amide bonds. The van der Waals surface area contributed by atoms with Crippen LogP contribution in [0.5, 0.6) is 0 Å². The van der Waals surface area contributed by atoms with Gasteiger partial charge in [0.2, 0.25) is 0 Å². The zero-order valence-electron chi connectivity index (χ0n) is 14.5. The first-order valence-corrected chi connectivity index (χ1v) is 9.36. The van der Waals surface area contributed by atoms with Crippen molar-refractivity contribution in [2.75, 3.05) is 11.4 Å². The normalized spacial score (nSPS) is 26.1. The Morgan fingerprint density at radius 1 is 0.960 bits per heavy atom. The Balaban J connectivity index is 1.56. The van der Waals surface area contributed by atoms with Crippen LogP contribution in [0.2, 0.25) is 0 Å². The number of rotatable bonds is 2. The molecule has 1 aromatic carbocycles. The zero-order chi connectivity index (χ0) is 16.8. The molecule has 5 heteroatoms. The van der Waals surface area contributed by atoms with Crippen molar-refractivity contribution in [1.29, 1.82) is 0 Å². The number of anilines is 1. The fraction of sp³-hybridized carbons (Fsp3) is 0.450. The molecule has 5 rings (SSSR count). The Morgan fingerprint density at radius 3 is 2.68 bits per heavy atom. The molecule has 3 unspecified atom stereocenters. The van der Waals surface area contributed by atoms with Crippen LogP contribution < -0.4 is 4.90 Å². The highest BCUT2D eigenvalue weighted by Gasteiger charge is 2.41.